The molecule has 0 aliphatic heterocycles. The maximum absolute atomic E-state index is 5.72. The Morgan fingerprint density at radius 3 is 3.06 bits per heavy atom. The molecule has 0 saturated heterocycles. The Kier molecular flexibility index (Phi) is 2.98. The van der Waals surface area contributed by atoms with E-state index in [1.54, 1.807) is 18.7 Å². The summed E-state index contributed by atoms with van der Waals surface area (Å²) in [6.45, 7) is 0.591. The van der Waals surface area contributed by atoms with Crippen LogP contribution in [-0.4, -0.2) is 14.5 Å². The molecule has 4 nitrogen and oxygen atoms in total. The van der Waals surface area contributed by atoms with Crippen molar-refractivity contribution < 1.29 is 4.42 Å². The zero-order valence-electron chi connectivity index (χ0n) is 9.45. The Balaban J connectivity index is 1.85. The number of rotatable bonds is 3. The Labute approximate surface area is 112 Å². The first-order chi connectivity index (χ1) is 8.81. The number of oxazole rings is 1. The molecular weight excluding hydrogens is 294 g/mol. The number of hydrogen-bond donors (Lipinski definition) is 0. The van der Waals surface area contributed by atoms with Gasteiger partial charge in [0, 0.05) is 22.4 Å². The van der Waals surface area contributed by atoms with Crippen LogP contribution in [0.2, 0.25) is 0 Å². The fourth-order valence-electron chi connectivity index (χ4n) is 1.70. The highest BCUT2D eigenvalue weighted by molar-refractivity contribution is 9.10. The second kappa shape index (κ2) is 4.78. The van der Waals surface area contributed by atoms with E-state index in [1.807, 2.05) is 35.0 Å². The summed E-state index contributed by atoms with van der Waals surface area (Å²) in [5, 5.41) is 0. The summed E-state index contributed by atoms with van der Waals surface area (Å²) in [6, 6.07) is 7.94. The first kappa shape index (κ1) is 11.2. The Morgan fingerprint density at radius 1 is 1.33 bits per heavy atom. The van der Waals surface area contributed by atoms with E-state index < -0.39 is 0 Å². The van der Waals surface area contributed by atoms with Crippen LogP contribution in [0.25, 0.3) is 11.3 Å². The lowest BCUT2D eigenvalue weighted by Gasteiger charge is -1.98. The van der Waals surface area contributed by atoms with Gasteiger partial charge in [-0.05, 0) is 12.1 Å². The summed E-state index contributed by atoms with van der Waals surface area (Å²) in [5.41, 5.74) is 1.01. The first-order valence-electron chi connectivity index (χ1n) is 5.47. The lowest BCUT2D eigenvalue weighted by Crippen LogP contribution is -1.95. The molecule has 0 saturated carbocycles. The van der Waals surface area contributed by atoms with Crippen LogP contribution in [0.5, 0.6) is 0 Å². The zero-order valence-corrected chi connectivity index (χ0v) is 11.0. The molecule has 90 valence electrons. The quantitative estimate of drug-likeness (QED) is 0.745. The molecule has 0 aliphatic carbocycles. The van der Waals surface area contributed by atoms with Crippen molar-refractivity contribution in [3.05, 3.63) is 59.5 Å². The van der Waals surface area contributed by atoms with Crippen LogP contribution in [0.4, 0.5) is 0 Å². The third kappa shape index (κ3) is 2.36. The molecule has 0 spiro atoms. The molecule has 3 aromatic rings. The molecule has 0 amide bonds. The highest BCUT2D eigenvalue weighted by Crippen LogP contribution is 2.23. The van der Waals surface area contributed by atoms with Crippen LogP contribution in [-0.2, 0) is 6.54 Å². The van der Waals surface area contributed by atoms with Gasteiger partial charge in [-0.15, -0.1) is 0 Å². The minimum atomic E-state index is 0.591. The average molecular weight is 304 g/mol. The second-order valence-electron chi connectivity index (χ2n) is 3.86. The van der Waals surface area contributed by atoms with Gasteiger partial charge >= 0.3 is 0 Å². The third-order valence-electron chi connectivity index (χ3n) is 2.54. The van der Waals surface area contributed by atoms with Gasteiger partial charge in [-0.1, -0.05) is 28.1 Å². The van der Waals surface area contributed by atoms with Gasteiger partial charge < -0.3 is 8.98 Å². The van der Waals surface area contributed by atoms with E-state index in [9.17, 15) is 0 Å². The van der Waals surface area contributed by atoms with Gasteiger partial charge in [0.2, 0.25) is 5.89 Å². The van der Waals surface area contributed by atoms with Crippen molar-refractivity contribution in [2.45, 2.75) is 6.54 Å². The number of nitrogens with zero attached hydrogens (tertiary/aromatic N) is 3. The van der Waals surface area contributed by atoms with Crippen LogP contribution in [0, 0.1) is 0 Å². The first-order valence-corrected chi connectivity index (χ1v) is 6.27. The molecule has 5 heteroatoms. The van der Waals surface area contributed by atoms with Gasteiger partial charge in [0.05, 0.1) is 12.5 Å². The molecule has 0 atom stereocenters. The van der Waals surface area contributed by atoms with Gasteiger partial charge in [-0.25, -0.2) is 9.97 Å². The van der Waals surface area contributed by atoms with Crippen molar-refractivity contribution in [2.24, 2.45) is 0 Å². The van der Waals surface area contributed by atoms with E-state index in [4.69, 9.17) is 4.42 Å². The second-order valence-corrected chi connectivity index (χ2v) is 4.78. The summed E-state index contributed by atoms with van der Waals surface area (Å²) in [5.74, 6) is 1.44. The maximum Gasteiger partial charge on any atom is 0.214 e. The van der Waals surface area contributed by atoms with Crippen LogP contribution in [0.1, 0.15) is 5.89 Å². The van der Waals surface area contributed by atoms with Crippen molar-refractivity contribution in [1.29, 1.82) is 0 Å². The van der Waals surface area contributed by atoms with Crippen molar-refractivity contribution in [1.82, 2.24) is 14.5 Å². The van der Waals surface area contributed by atoms with Gasteiger partial charge in [0.15, 0.2) is 5.76 Å². The normalized spacial score (nSPS) is 10.7. The van der Waals surface area contributed by atoms with Gasteiger partial charge in [0.1, 0.15) is 6.54 Å². The van der Waals surface area contributed by atoms with Crippen molar-refractivity contribution >= 4 is 15.9 Å². The van der Waals surface area contributed by atoms with Crippen molar-refractivity contribution in [2.75, 3.05) is 0 Å². The molecule has 2 aromatic heterocycles. The number of hydrogen-bond acceptors (Lipinski definition) is 3. The SMILES string of the molecule is Brc1cccc(-c2cnc(Cn3ccnc3)o2)c1. The molecule has 0 fully saturated rings. The Morgan fingerprint density at radius 2 is 2.28 bits per heavy atom. The Bertz CT molecular complexity index is 646. The number of imidazole rings is 1. The third-order valence-corrected chi connectivity index (χ3v) is 3.03. The summed E-state index contributed by atoms with van der Waals surface area (Å²) in [6.07, 6.45) is 7.10. The average Bonchev–Trinajstić information content (AvgIpc) is 3.01. The molecule has 1 aromatic carbocycles. The van der Waals surface area contributed by atoms with Crippen LogP contribution < -0.4 is 0 Å². The lowest BCUT2D eigenvalue weighted by atomic mass is 10.2. The van der Waals surface area contributed by atoms with Gasteiger partial charge in [-0.2, -0.15) is 0 Å². The smallest absolute Gasteiger partial charge is 0.214 e. The predicted octanol–water partition coefficient (Wildman–Crippen LogP) is 3.35. The van der Waals surface area contributed by atoms with Crippen LogP contribution in [0.3, 0.4) is 0 Å². The standard InChI is InChI=1S/C13H10BrN3O/c14-11-3-1-2-10(6-11)12-7-16-13(18-12)8-17-5-4-15-9-17/h1-7,9H,8H2. The zero-order chi connectivity index (χ0) is 12.4. The van der Waals surface area contributed by atoms with Gasteiger partial charge in [0.25, 0.3) is 0 Å². The molecule has 0 bridgehead atoms. The van der Waals surface area contributed by atoms with E-state index in [0.29, 0.717) is 12.4 Å². The molecule has 0 N–H and O–H groups in total. The van der Waals surface area contributed by atoms with E-state index in [-0.39, 0.29) is 0 Å². The summed E-state index contributed by atoms with van der Waals surface area (Å²) in [7, 11) is 0. The predicted molar refractivity (Wildman–Crippen MR) is 71.0 cm³/mol. The minimum absolute atomic E-state index is 0.591. The molecular formula is C13H10BrN3O. The highest BCUT2D eigenvalue weighted by atomic mass is 79.9. The maximum atomic E-state index is 5.72. The van der Waals surface area contributed by atoms with E-state index >= 15 is 0 Å². The molecule has 2 heterocycles. The van der Waals surface area contributed by atoms with E-state index in [1.165, 1.54) is 0 Å². The van der Waals surface area contributed by atoms with Crippen LogP contribution >= 0.6 is 15.9 Å². The minimum Gasteiger partial charge on any atom is -0.439 e. The van der Waals surface area contributed by atoms with Crippen molar-refractivity contribution in [3.63, 3.8) is 0 Å². The van der Waals surface area contributed by atoms with Crippen LogP contribution in [0.15, 0.2) is 58.1 Å². The number of halogens is 1. The summed E-state index contributed by atoms with van der Waals surface area (Å²) < 4.78 is 8.65. The molecule has 0 radical (unpaired) electrons. The van der Waals surface area contributed by atoms with Crippen molar-refractivity contribution in [3.8, 4) is 11.3 Å². The monoisotopic (exact) mass is 303 g/mol. The summed E-state index contributed by atoms with van der Waals surface area (Å²) >= 11 is 3.44. The number of benzene rings is 1. The summed E-state index contributed by atoms with van der Waals surface area (Å²) in [4.78, 5) is 8.25. The van der Waals surface area contributed by atoms with E-state index in [0.717, 1.165) is 15.8 Å². The fraction of sp³-hybridized carbons (Fsp3) is 0.0769. The molecule has 18 heavy (non-hydrogen) atoms. The fourth-order valence-corrected chi connectivity index (χ4v) is 2.09. The lowest BCUT2D eigenvalue weighted by molar-refractivity contribution is 0.488. The number of aromatic nitrogens is 3. The molecule has 3 rings (SSSR count). The van der Waals surface area contributed by atoms with E-state index in [2.05, 4.69) is 25.9 Å². The molecule has 0 aliphatic rings. The van der Waals surface area contributed by atoms with Gasteiger partial charge in [-0.3, -0.25) is 0 Å². The molecule has 0 unspecified atom stereocenters. The Hall–Kier alpha value is -1.88. The largest absolute Gasteiger partial charge is 0.439 e. The highest BCUT2D eigenvalue weighted by Gasteiger charge is 2.07. The topological polar surface area (TPSA) is 43.9 Å².